The molecule has 1 aliphatic rings. The Kier molecular flexibility index (Phi) is 5.43. The number of rotatable bonds is 7. The first kappa shape index (κ1) is 17.8. The van der Waals surface area contributed by atoms with E-state index in [4.69, 9.17) is 5.11 Å². The highest BCUT2D eigenvalue weighted by Crippen LogP contribution is 2.30. The van der Waals surface area contributed by atoms with Crippen LogP contribution in [0.25, 0.3) is 0 Å². The summed E-state index contributed by atoms with van der Waals surface area (Å²) in [5.74, 6) is -0.782. The van der Waals surface area contributed by atoms with E-state index < -0.39 is 17.5 Å². The summed E-state index contributed by atoms with van der Waals surface area (Å²) in [6, 6.07) is 6.49. The summed E-state index contributed by atoms with van der Waals surface area (Å²) < 4.78 is 0. The molecule has 1 aliphatic carbocycles. The second-order valence-corrected chi connectivity index (χ2v) is 6.70. The largest absolute Gasteiger partial charge is 0.481 e. The van der Waals surface area contributed by atoms with Crippen LogP contribution in [-0.4, -0.2) is 28.6 Å². The lowest BCUT2D eigenvalue weighted by Gasteiger charge is -2.25. The second-order valence-electron chi connectivity index (χ2n) is 6.70. The lowest BCUT2D eigenvalue weighted by atomic mass is 9.99. The van der Waals surface area contributed by atoms with Crippen LogP contribution < -0.4 is 16.0 Å². The molecule has 7 heteroatoms. The normalized spacial score (nSPS) is 13.9. The van der Waals surface area contributed by atoms with Crippen LogP contribution in [0, 0.1) is 5.92 Å². The Morgan fingerprint density at radius 2 is 1.79 bits per heavy atom. The van der Waals surface area contributed by atoms with E-state index >= 15 is 0 Å². The monoisotopic (exact) mass is 333 g/mol. The maximum atomic E-state index is 12.1. The summed E-state index contributed by atoms with van der Waals surface area (Å²) in [5, 5.41) is 17.0. The topological polar surface area (TPSA) is 108 Å². The van der Waals surface area contributed by atoms with Gasteiger partial charge in [-0.15, -0.1) is 0 Å². The number of nitrogens with one attached hydrogen (secondary N) is 3. The molecule has 0 aromatic heterocycles. The van der Waals surface area contributed by atoms with E-state index in [2.05, 4.69) is 16.0 Å². The van der Waals surface area contributed by atoms with Crippen molar-refractivity contribution in [3.05, 3.63) is 24.3 Å². The highest BCUT2D eigenvalue weighted by atomic mass is 16.4. The van der Waals surface area contributed by atoms with E-state index in [9.17, 15) is 14.4 Å². The van der Waals surface area contributed by atoms with Crippen LogP contribution in [0.3, 0.4) is 0 Å². The summed E-state index contributed by atoms with van der Waals surface area (Å²) in [7, 11) is 0. The van der Waals surface area contributed by atoms with Crippen LogP contribution >= 0.6 is 0 Å². The Balaban J connectivity index is 1.88. The van der Waals surface area contributed by atoms with Gasteiger partial charge >= 0.3 is 12.0 Å². The molecule has 0 spiro atoms. The lowest BCUT2D eigenvalue weighted by Crippen LogP contribution is -2.45. The third-order valence-electron chi connectivity index (χ3n) is 3.75. The number of benzene rings is 1. The summed E-state index contributed by atoms with van der Waals surface area (Å²) in [6.07, 6.45) is 2.17. The van der Waals surface area contributed by atoms with Crippen LogP contribution in [-0.2, 0) is 9.59 Å². The molecule has 1 aromatic carbocycles. The smallest absolute Gasteiger partial charge is 0.319 e. The fourth-order valence-corrected chi connectivity index (χ4v) is 2.22. The molecule has 0 heterocycles. The number of urea groups is 1. The first-order valence-corrected chi connectivity index (χ1v) is 7.97. The summed E-state index contributed by atoms with van der Waals surface area (Å²) >= 11 is 0. The molecular formula is C17H23N3O4. The van der Waals surface area contributed by atoms with Gasteiger partial charge in [0, 0.05) is 29.3 Å². The van der Waals surface area contributed by atoms with E-state index in [1.54, 1.807) is 38.1 Å². The fourth-order valence-electron chi connectivity index (χ4n) is 2.22. The third kappa shape index (κ3) is 5.91. The number of anilines is 2. The Labute approximate surface area is 140 Å². The van der Waals surface area contributed by atoms with Crippen molar-refractivity contribution in [1.29, 1.82) is 0 Å². The van der Waals surface area contributed by atoms with Gasteiger partial charge in [0.15, 0.2) is 0 Å². The standard InChI is InChI=1S/C17H23N3O4/c1-17(2,9-8-14(21)22)20-16(24)19-13-5-3-4-12(10-13)18-15(23)11-6-7-11/h3-5,10-11H,6-9H2,1-2H3,(H,18,23)(H,21,22)(H2,19,20,24). The maximum absolute atomic E-state index is 12.1. The number of hydrogen-bond donors (Lipinski definition) is 4. The Bertz CT molecular complexity index is 638. The first-order chi connectivity index (χ1) is 11.2. The molecular weight excluding hydrogens is 310 g/mol. The van der Waals surface area contributed by atoms with Gasteiger partial charge in [-0.2, -0.15) is 0 Å². The Hall–Kier alpha value is -2.57. The molecule has 2 rings (SSSR count). The van der Waals surface area contributed by atoms with Crippen LogP contribution in [0.4, 0.5) is 16.2 Å². The van der Waals surface area contributed by atoms with Crippen molar-refractivity contribution in [3.8, 4) is 0 Å². The van der Waals surface area contributed by atoms with Gasteiger partial charge in [-0.1, -0.05) is 6.07 Å². The van der Waals surface area contributed by atoms with Crippen molar-refractivity contribution < 1.29 is 19.5 Å². The predicted octanol–water partition coefficient (Wildman–Crippen LogP) is 2.80. The van der Waals surface area contributed by atoms with Gasteiger partial charge in [0.1, 0.15) is 0 Å². The van der Waals surface area contributed by atoms with Gasteiger partial charge in [-0.3, -0.25) is 9.59 Å². The van der Waals surface area contributed by atoms with Crippen molar-refractivity contribution in [2.45, 2.75) is 45.1 Å². The average Bonchev–Trinajstić information content (AvgIpc) is 3.29. The molecule has 0 saturated heterocycles. The quantitative estimate of drug-likeness (QED) is 0.615. The summed E-state index contributed by atoms with van der Waals surface area (Å²) in [6.45, 7) is 3.53. The van der Waals surface area contributed by atoms with Crippen molar-refractivity contribution in [1.82, 2.24) is 5.32 Å². The molecule has 1 aromatic rings. The number of amides is 3. The highest BCUT2D eigenvalue weighted by molar-refractivity contribution is 5.95. The van der Waals surface area contributed by atoms with Crippen molar-refractivity contribution >= 4 is 29.3 Å². The van der Waals surface area contributed by atoms with E-state index in [0.717, 1.165) is 12.8 Å². The van der Waals surface area contributed by atoms with Crippen molar-refractivity contribution in [2.75, 3.05) is 10.6 Å². The van der Waals surface area contributed by atoms with E-state index in [-0.39, 0.29) is 18.2 Å². The molecule has 7 nitrogen and oxygen atoms in total. The molecule has 0 radical (unpaired) electrons. The lowest BCUT2D eigenvalue weighted by molar-refractivity contribution is -0.137. The van der Waals surface area contributed by atoms with Gasteiger partial charge in [-0.05, 0) is 51.3 Å². The van der Waals surface area contributed by atoms with Gasteiger partial charge in [0.2, 0.25) is 5.91 Å². The van der Waals surface area contributed by atoms with E-state index in [1.807, 2.05) is 0 Å². The molecule has 1 saturated carbocycles. The number of carboxylic acids is 1. The maximum Gasteiger partial charge on any atom is 0.319 e. The Morgan fingerprint density at radius 3 is 2.38 bits per heavy atom. The minimum absolute atomic E-state index is 0.00593. The fraction of sp³-hybridized carbons (Fsp3) is 0.471. The van der Waals surface area contributed by atoms with Crippen LogP contribution in [0.15, 0.2) is 24.3 Å². The number of aliphatic carboxylic acids is 1. The highest BCUT2D eigenvalue weighted by Gasteiger charge is 2.29. The van der Waals surface area contributed by atoms with Crippen molar-refractivity contribution in [3.63, 3.8) is 0 Å². The zero-order chi connectivity index (χ0) is 17.7. The molecule has 3 amide bonds. The minimum Gasteiger partial charge on any atom is -0.481 e. The first-order valence-electron chi connectivity index (χ1n) is 7.97. The summed E-state index contributed by atoms with van der Waals surface area (Å²) in [5.41, 5.74) is 0.547. The Morgan fingerprint density at radius 1 is 1.17 bits per heavy atom. The van der Waals surface area contributed by atoms with Gasteiger partial charge in [0.05, 0.1) is 0 Å². The number of carbonyl (C=O) groups excluding carboxylic acids is 2. The number of carboxylic acid groups (broad SMARTS) is 1. The molecule has 0 unspecified atom stereocenters. The molecule has 0 aliphatic heterocycles. The van der Waals surface area contributed by atoms with Gasteiger partial charge in [-0.25, -0.2) is 4.79 Å². The van der Waals surface area contributed by atoms with Crippen molar-refractivity contribution in [2.24, 2.45) is 5.92 Å². The van der Waals surface area contributed by atoms with Gasteiger partial charge in [0.25, 0.3) is 0 Å². The third-order valence-corrected chi connectivity index (χ3v) is 3.75. The van der Waals surface area contributed by atoms with Crippen LogP contribution in [0.2, 0.25) is 0 Å². The van der Waals surface area contributed by atoms with E-state index in [1.165, 1.54) is 0 Å². The van der Waals surface area contributed by atoms with Crippen LogP contribution in [0.1, 0.15) is 39.5 Å². The second kappa shape index (κ2) is 7.33. The molecule has 24 heavy (non-hydrogen) atoms. The molecule has 0 atom stereocenters. The summed E-state index contributed by atoms with van der Waals surface area (Å²) in [4.78, 5) is 34.5. The number of carbonyl (C=O) groups is 3. The number of hydrogen-bond acceptors (Lipinski definition) is 3. The predicted molar refractivity (Wildman–Crippen MR) is 90.9 cm³/mol. The SMILES string of the molecule is CC(C)(CCC(=O)O)NC(=O)Nc1cccc(NC(=O)C2CC2)c1. The zero-order valence-corrected chi connectivity index (χ0v) is 13.9. The van der Waals surface area contributed by atoms with E-state index in [0.29, 0.717) is 17.8 Å². The van der Waals surface area contributed by atoms with Crippen LogP contribution in [0.5, 0.6) is 0 Å². The van der Waals surface area contributed by atoms with Gasteiger partial charge < -0.3 is 21.1 Å². The molecule has 0 bridgehead atoms. The minimum atomic E-state index is -0.899. The molecule has 130 valence electrons. The average molecular weight is 333 g/mol. The molecule has 4 N–H and O–H groups in total. The molecule has 1 fully saturated rings. The zero-order valence-electron chi connectivity index (χ0n) is 13.9.